The SMILES string of the molecule is Cc1c[n+](N)ccc1NC(=O)OC(C)(C)C.O=[N+]([O-])c1ccc(O)c([N+](=O)[O-])c1. The average molecular weight is 408 g/mol. The van der Waals surface area contributed by atoms with Crippen molar-refractivity contribution in [3.05, 3.63) is 62.5 Å². The summed E-state index contributed by atoms with van der Waals surface area (Å²) in [5, 5.41) is 32.0. The van der Waals surface area contributed by atoms with Crippen molar-refractivity contribution in [2.45, 2.75) is 33.3 Å². The molecular weight excluding hydrogens is 386 g/mol. The first-order valence-electron chi connectivity index (χ1n) is 8.19. The monoisotopic (exact) mass is 408 g/mol. The number of carbonyl (C=O) groups excluding carboxylic acids is 1. The summed E-state index contributed by atoms with van der Waals surface area (Å²) in [6, 6.07) is 4.33. The number of hydrogen-bond acceptors (Lipinski definition) is 8. The molecule has 0 aliphatic heterocycles. The molecule has 1 aromatic carbocycles. The van der Waals surface area contributed by atoms with Crippen molar-refractivity contribution in [2.24, 2.45) is 0 Å². The van der Waals surface area contributed by atoms with Gasteiger partial charge >= 0.3 is 11.8 Å². The van der Waals surface area contributed by atoms with Gasteiger partial charge in [0.2, 0.25) is 12.4 Å². The van der Waals surface area contributed by atoms with E-state index < -0.39 is 38.7 Å². The lowest BCUT2D eigenvalue weighted by molar-refractivity contribution is -0.639. The van der Waals surface area contributed by atoms with E-state index in [1.807, 2.05) is 27.7 Å². The van der Waals surface area contributed by atoms with E-state index >= 15 is 0 Å². The van der Waals surface area contributed by atoms with Gasteiger partial charge in [0.05, 0.1) is 21.6 Å². The Morgan fingerprint density at radius 2 is 1.83 bits per heavy atom. The van der Waals surface area contributed by atoms with Crippen LogP contribution in [-0.2, 0) is 4.74 Å². The highest BCUT2D eigenvalue weighted by atomic mass is 16.6. The fourth-order valence-corrected chi connectivity index (χ4v) is 1.95. The molecule has 2 rings (SSSR count). The van der Waals surface area contributed by atoms with E-state index in [0.717, 1.165) is 17.7 Å². The molecule has 0 saturated heterocycles. The minimum atomic E-state index is -0.887. The number of pyridine rings is 1. The van der Waals surface area contributed by atoms with Crippen molar-refractivity contribution in [1.82, 2.24) is 0 Å². The molecule has 0 spiro atoms. The van der Waals surface area contributed by atoms with Crippen LogP contribution in [0.25, 0.3) is 0 Å². The average Bonchev–Trinajstić information content (AvgIpc) is 2.56. The van der Waals surface area contributed by atoms with Crippen molar-refractivity contribution in [3.63, 3.8) is 0 Å². The number of phenolic OH excluding ortho intramolecular Hbond substituents is 1. The van der Waals surface area contributed by atoms with Gasteiger partial charge < -0.3 is 9.84 Å². The van der Waals surface area contributed by atoms with E-state index in [4.69, 9.17) is 15.7 Å². The van der Waals surface area contributed by atoms with E-state index in [-0.39, 0.29) is 0 Å². The molecular formula is C17H22N5O7+. The molecule has 0 saturated carbocycles. The third-order valence-electron chi connectivity index (χ3n) is 3.18. The summed E-state index contributed by atoms with van der Waals surface area (Å²) in [5.74, 6) is 4.95. The molecule has 1 heterocycles. The van der Waals surface area contributed by atoms with Gasteiger partial charge in [-0.3, -0.25) is 25.5 Å². The number of aromatic hydroxyl groups is 1. The third kappa shape index (κ3) is 7.66. The number of amides is 1. The molecule has 0 radical (unpaired) electrons. The van der Waals surface area contributed by atoms with E-state index in [0.29, 0.717) is 11.8 Å². The maximum Gasteiger partial charge on any atom is 0.412 e. The number of nitro groups is 2. The molecule has 12 nitrogen and oxygen atoms in total. The number of benzene rings is 1. The number of carbonyl (C=O) groups is 1. The van der Waals surface area contributed by atoms with Crippen LogP contribution in [-0.4, -0.2) is 26.6 Å². The lowest BCUT2D eigenvalue weighted by atomic mass is 10.2. The first-order valence-corrected chi connectivity index (χ1v) is 8.19. The lowest BCUT2D eigenvalue weighted by Crippen LogP contribution is -2.43. The van der Waals surface area contributed by atoms with E-state index in [2.05, 4.69) is 5.32 Å². The first kappa shape index (κ1) is 23.1. The Labute approximate surface area is 165 Å². The van der Waals surface area contributed by atoms with Gasteiger partial charge in [-0.2, -0.15) is 0 Å². The molecule has 156 valence electrons. The molecule has 0 unspecified atom stereocenters. The molecule has 1 amide bonds. The summed E-state index contributed by atoms with van der Waals surface area (Å²) in [5.41, 5.74) is -0.0360. The summed E-state index contributed by atoms with van der Waals surface area (Å²) >= 11 is 0. The van der Waals surface area contributed by atoms with Crippen LogP contribution in [0.1, 0.15) is 26.3 Å². The number of nitrogens with zero attached hydrogens (tertiary/aromatic N) is 3. The predicted molar refractivity (Wildman–Crippen MR) is 103 cm³/mol. The first-order chi connectivity index (χ1) is 13.3. The molecule has 2 aromatic rings. The van der Waals surface area contributed by atoms with Crippen LogP contribution >= 0.6 is 0 Å². The van der Waals surface area contributed by atoms with E-state index in [9.17, 15) is 25.0 Å². The van der Waals surface area contributed by atoms with Crippen molar-refractivity contribution in [2.75, 3.05) is 11.2 Å². The second-order valence-electron chi connectivity index (χ2n) is 6.80. The Hall–Kier alpha value is -3.96. The van der Waals surface area contributed by atoms with Crippen LogP contribution in [0.15, 0.2) is 36.7 Å². The number of ether oxygens (including phenoxy) is 1. The van der Waals surface area contributed by atoms with Gasteiger partial charge in [0.1, 0.15) is 5.60 Å². The van der Waals surface area contributed by atoms with Crippen molar-refractivity contribution >= 4 is 23.2 Å². The third-order valence-corrected chi connectivity index (χ3v) is 3.18. The number of rotatable bonds is 3. The number of hydrogen-bond donors (Lipinski definition) is 3. The molecule has 0 aliphatic rings. The largest absolute Gasteiger partial charge is 0.502 e. The van der Waals surface area contributed by atoms with Gasteiger partial charge in [-0.15, -0.1) is 0 Å². The number of non-ortho nitro benzene ring substituents is 1. The van der Waals surface area contributed by atoms with Crippen LogP contribution in [0.5, 0.6) is 5.75 Å². The van der Waals surface area contributed by atoms with Crippen LogP contribution in [0.3, 0.4) is 0 Å². The zero-order chi connectivity index (χ0) is 22.4. The predicted octanol–water partition coefficient (Wildman–Crippen LogP) is 2.55. The number of nitrogens with one attached hydrogen (secondary N) is 1. The Bertz CT molecular complexity index is 925. The molecule has 0 fully saturated rings. The second-order valence-corrected chi connectivity index (χ2v) is 6.80. The molecule has 12 heteroatoms. The molecule has 29 heavy (non-hydrogen) atoms. The van der Waals surface area contributed by atoms with Gasteiger partial charge in [-0.05, 0) is 33.8 Å². The van der Waals surface area contributed by atoms with Gasteiger partial charge in [0.15, 0.2) is 5.75 Å². The summed E-state index contributed by atoms with van der Waals surface area (Å²) in [7, 11) is 0. The minimum absolute atomic E-state index is 0.426. The van der Waals surface area contributed by atoms with Crippen molar-refractivity contribution < 1.29 is 29.2 Å². The zero-order valence-corrected chi connectivity index (χ0v) is 16.3. The van der Waals surface area contributed by atoms with Crippen LogP contribution in [0.4, 0.5) is 21.9 Å². The normalized spacial score (nSPS) is 10.3. The Balaban J connectivity index is 0.000000296. The fourth-order valence-electron chi connectivity index (χ4n) is 1.95. The highest BCUT2D eigenvalue weighted by Crippen LogP contribution is 2.29. The maximum absolute atomic E-state index is 11.5. The smallest absolute Gasteiger partial charge is 0.412 e. The molecule has 1 aromatic heterocycles. The minimum Gasteiger partial charge on any atom is -0.502 e. The summed E-state index contributed by atoms with van der Waals surface area (Å²) in [6.45, 7) is 7.31. The Kier molecular flexibility index (Phi) is 7.40. The number of anilines is 1. The number of aryl methyl sites for hydroxylation is 1. The summed E-state index contributed by atoms with van der Waals surface area (Å²) in [4.78, 5) is 30.2. The Morgan fingerprint density at radius 3 is 2.31 bits per heavy atom. The zero-order valence-electron chi connectivity index (χ0n) is 16.3. The molecule has 0 bridgehead atoms. The van der Waals surface area contributed by atoms with Crippen molar-refractivity contribution in [3.8, 4) is 5.75 Å². The van der Waals surface area contributed by atoms with Crippen LogP contribution in [0, 0.1) is 27.2 Å². The highest BCUT2D eigenvalue weighted by Gasteiger charge is 2.18. The number of phenols is 1. The van der Waals surface area contributed by atoms with Gasteiger partial charge in [-0.25, -0.2) is 10.6 Å². The standard InChI is InChI=1S/C11H17N3O2.C6H4N2O5/c1-8-7-14(12)6-5-9(8)13-10(15)16-11(2,3)4;9-6-2-1-4(7(10)11)3-5(6)8(12)13/h5-7H,12H2,1-4H3;1-3,9H/p+1. The second kappa shape index (κ2) is 9.30. The van der Waals surface area contributed by atoms with Gasteiger partial charge in [0.25, 0.3) is 5.69 Å². The molecule has 0 aliphatic carbocycles. The Morgan fingerprint density at radius 1 is 1.21 bits per heavy atom. The molecule has 4 N–H and O–H groups in total. The maximum atomic E-state index is 11.5. The van der Waals surface area contributed by atoms with Crippen LogP contribution < -0.4 is 15.8 Å². The van der Waals surface area contributed by atoms with E-state index in [1.54, 1.807) is 18.5 Å². The quantitative estimate of drug-likeness (QED) is 0.300. The highest BCUT2D eigenvalue weighted by molar-refractivity contribution is 5.85. The van der Waals surface area contributed by atoms with Gasteiger partial charge in [0, 0.05) is 17.7 Å². The van der Waals surface area contributed by atoms with Crippen LogP contribution in [0.2, 0.25) is 0 Å². The number of nitrogens with two attached hydrogens (primary N) is 1. The number of nitro benzene ring substituents is 2. The number of nitrogen functional groups attached to an aromatic ring is 1. The fraction of sp³-hybridized carbons (Fsp3) is 0.294. The van der Waals surface area contributed by atoms with Gasteiger partial charge in [-0.1, -0.05) is 4.68 Å². The lowest BCUT2D eigenvalue weighted by Gasteiger charge is -2.19. The van der Waals surface area contributed by atoms with Crippen molar-refractivity contribution in [1.29, 1.82) is 0 Å². The topological polar surface area (TPSA) is 175 Å². The molecule has 0 atom stereocenters. The summed E-state index contributed by atoms with van der Waals surface area (Å²) in [6.07, 6.45) is 2.90. The number of aromatic nitrogens is 1. The summed E-state index contributed by atoms with van der Waals surface area (Å²) < 4.78 is 6.56. The van der Waals surface area contributed by atoms with E-state index in [1.165, 1.54) is 4.68 Å².